The zero-order chi connectivity index (χ0) is 15.2. The number of carboxylic acids is 1. The molecule has 2 amide bonds. The van der Waals surface area contributed by atoms with Gasteiger partial charge in [0.1, 0.15) is 5.01 Å². The molecule has 0 aromatic carbocycles. The summed E-state index contributed by atoms with van der Waals surface area (Å²) in [7, 11) is 0. The van der Waals surface area contributed by atoms with Crippen LogP contribution in [0.4, 0.5) is 4.79 Å². The van der Waals surface area contributed by atoms with Gasteiger partial charge in [-0.3, -0.25) is 4.98 Å². The number of nitrogens with zero attached hydrogens (tertiary/aromatic N) is 2. The van der Waals surface area contributed by atoms with E-state index in [1.54, 1.807) is 6.20 Å². The molecular weight excluding hydrogens is 292 g/mol. The molecule has 0 unspecified atom stereocenters. The van der Waals surface area contributed by atoms with E-state index < -0.39 is 5.97 Å². The highest BCUT2D eigenvalue weighted by molar-refractivity contribution is 7.09. The summed E-state index contributed by atoms with van der Waals surface area (Å²) in [6.07, 6.45) is 1.70. The Hall–Kier alpha value is -2.48. The lowest BCUT2D eigenvalue weighted by Crippen LogP contribution is -2.34. The molecule has 0 saturated heterocycles. The number of aromatic nitrogens is 2. The van der Waals surface area contributed by atoms with E-state index in [1.807, 2.05) is 19.1 Å². The van der Waals surface area contributed by atoms with Crippen molar-refractivity contribution >= 4 is 23.3 Å². The molecule has 0 aliphatic rings. The summed E-state index contributed by atoms with van der Waals surface area (Å²) < 4.78 is 0. The number of carbonyl (C=O) groups excluding carboxylic acids is 1. The summed E-state index contributed by atoms with van der Waals surface area (Å²) in [6, 6.07) is 3.42. The van der Waals surface area contributed by atoms with Crippen molar-refractivity contribution in [3.8, 4) is 0 Å². The number of aromatic carboxylic acids is 1. The van der Waals surface area contributed by atoms with Gasteiger partial charge in [-0.1, -0.05) is 6.07 Å². The van der Waals surface area contributed by atoms with Crippen molar-refractivity contribution in [2.45, 2.75) is 20.0 Å². The predicted octanol–water partition coefficient (Wildman–Crippen LogP) is 1.54. The first-order chi connectivity index (χ1) is 10.0. The van der Waals surface area contributed by atoms with Crippen molar-refractivity contribution in [3.63, 3.8) is 0 Å². The molecule has 0 radical (unpaired) electrons. The van der Waals surface area contributed by atoms with Crippen LogP contribution in [0.25, 0.3) is 0 Å². The number of pyridine rings is 1. The van der Waals surface area contributed by atoms with Crippen LogP contribution in [0.5, 0.6) is 0 Å². The molecule has 8 heteroatoms. The Morgan fingerprint density at radius 1 is 1.29 bits per heavy atom. The van der Waals surface area contributed by atoms with E-state index in [4.69, 9.17) is 5.11 Å². The van der Waals surface area contributed by atoms with Gasteiger partial charge < -0.3 is 15.7 Å². The highest BCUT2D eigenvalue weighted by Crippen LogP contribution is 2.09. The highest BCUT2D eigenvalue weighted by atomic mass is 32.1. The average Bonchev–Trinajstić information content (AvgIpc) is 2.93. The number of carbonyl (C=O) groups is 2. The molecule has 0 fully saturated rings. The Kier molecular flexibility index (Phi) is 4.83. The summed E-state index contributed by atoms with van der Waals surface area (Å²) >= 11 is 1.19. The quantitative estimate of drug-likeness (QED) is 0.777. The van der Waals surface area contributed by atoms with Crippen molar-refractivity contribution < 1.29 is 14.7 Å². The van der Waals surface area contributed by atoms with Gasteiger partial charge >= 0.3 is 12.0 Å². The molecule has 2 heterocycles. The van der Waals surface area contributed by atoms with Crippen LogP contribution in [0, 0.1) is 6.92 Å². The largest absolute Gasteiger partial charge is 0.476 e. The fourth-order valence-corrected chi connectivity index (χ4v) is 2.20. The summed E-state index contributed by atoms with van der Waals surface area (Å²) in [5.41, 5.74) is 1.81. The lowest BCUT2D eigenvalue weighted by atomic mass is 10.2. The van der Waals surface area contributed by atoms with Gasteiger partial charge in [0.05, 0.1) is 6.54 Å². The number of urea groups is 1. The fourth-order valence-electron chi connectivity index (χ4n) is 1.49. The number of thiazole rings is 1. The second-order valence-corrected chi connectivity index (χ2v) is 5.22. The molecule has 3 N–H and O–H groups in total. The second-order valence-electron chi connectivity index (χ2n) is 4.28. The third kappa shape index (κ3) is 4.53. The van der Waals surface area contributed by atoms with Gasteiger partial charge in [-0.05, 0) is 18.6 Å². The van der Waals surface area contributed by atoms with Crippen LogP contribution in [-0.4, -0.2) is 27.1 Å². The number of nitrogens with one attached hydrogen (secondary N) is 2. The molecule has 0 aliphatic carbocycles. The fraction of sp³-hybridized carbons (Fsp3) is 0.231. The van der Waals surface area contributed by atoms with Gasteiger partial charge in [-0.2, -0.15) is 0 Å². The van der Waals surface area contributed by atoms with E-state index in [0.717, 1.165) is 11.3 Å². The molecule has 0 atom stereocenters. The van der Waals surface area contributed by atoms with Crippen molar-refractivity contribution in [2.75, 3.05) is 0 Å². The molecule has 0 saturated carbocycles. The van der Waals surface area contributed by atoms with Gasteiger partial charge in [-0.25, -0.2) is 14.6 Å². The Bertz CT molecular complexity index is 639. The van der Waals surface area contributed by atoms with Crippen LogP contribution in [0.15, 0.2) is 23.7 Å². The van der Waals surface area contributed by atoms with Crippen molar-refractivity contribution in [1.82, 2.24) is 20.6 Å². The first-order valence-corrected chi connectivity index (χ1v) is 7.03. The second kappa shape index (κ2) is 6.80. The molecule has 7 nitrogen and oxygen atoms in total. The van der Waals surface area contributed by atoms with Gasteiger partial charge in [0.2, 0.25) is 0 Å². The Morgan fingerprint density at radius 3 is 2.67 bits per heavy atom. The lowest BCUT2D eigenvalue weighted by Gasteiger charge is -2.06. The lowest BCUT2D eigenvalue weighted by molar-refractivity contribution is 0.0691. The number of hydrogen-bond acceptors (Lipinski definition) is 5. The molecule has 110 valence electrons. The van der Waals surface area contributed by atoms with Crippen LogP contribution >= 0.6 is 11.3 Å². The van der Waals surface area contributed by atoms with Gasteiger partial charge in [0.25, 0.3) is 0 Å². The molecule has 2 rings (SSSR count). The molecule has 0 aliphatic heterocycles. The van der Waals surface area contributed by atoms with Gasteiger partial charge in [0.15, 0.2) is 5.69 Å². The number of aryl methyl sites for hydroxylation is 1. The number of amides is 2. The molecule has 0 bridgehead atoms. The SMILES string of the molecule is Cc1ccc(CNC(=O)NCc2nc(C(=O)O)cs2)cn1. The maximum absolute atomic E-state index is 11.6. The summed E-state index contributed by atoms with van der Waals surface area (Å²) in [5, 5.41) is 16.0. The van der Waals surface area contributed by atoms with Crippen LogP contribution in [0.1, 0.15) is 26.8 Å². The Morgan fingerprint density at radius 2 is 2.05 bits per heavy atom. The van der Waals surface area contributed by atoms with Gasteiger partial charge in [-0.15, -0.1) is 11.3 Å². The van der Waals surface area contributed by atoms with Crippen molar-refractivity contribution in [1.29, 1.82) is 0 Å². The summed E-state index contributed by atoms with van der Waals surface area (Å²) in [4.78, 5) is 30.3. The third-order valence-electron chi connectivity index (χ3n) is 2.60. The van der Waals surface area contributed by atoms with Crippen LogP contribution < -0.4 is 10.6 Å². The number of rotatable bonds is 5. The molecule has 21 heavy (non-hydrogen) atoms. The van der Waals surface area contributed by atoms with E-state index in [-0.39, 0.29) is 18.3 Å². The molecule has 2 aromatic rings. The topological polar surface area (TPSA) is 104 Å². The maximum Gasteiger partial charge on any atom is 0.355 e. The van der Waals surface area contributed by atoms with Crippen molar-refractivity contribution in [3.05, 3.63) is 45.7 Å². The Labute approximate surface area is 125 Å². The Balaban J connectivity index is 1.76. The van der Waals surface area contributed by atoms with Crippen LogP contribution in [-0.2, 0) is 13.1 Å². The van der Waals surface area contributed by atoms with E-state index in [0.29, 0.717) is 11.6 Å². The minimum Gasteiger partial charge on any atom is -0.476 e. The minimum atomic E-state index is -1.08. The molecule has 2 aromatic heterocycles. The number of hydrogen-bond donors (Lipinski definition) is 3. The van der Waals surface area contributed by atoms with E-state index in [1.165, 1.54) is 16.7 Å². The van der Waals surface area contributed by atoms with E-state index in [2.05, 4.69) is 20.6 Å². The molecule has 0 spiro atoms. The standard InChI is InChI=1S/C13H14N4O3S/c1-8-2-3-9(4-14-8)5-15-13(20)16-6-11-17-10(7-21-11)12(18)19/h2-4,7H,5-6H2,1H3,(H,18,19)(H2,15,16,20). The monoisotopic (exact) mass is 306 g/mol. The number of carboxylic acid groups (broad SMARTS) is 1. The smallest absolute Gasteiger partial charge is 0.355 e. The minimum absolute atomic E-state index is 0.0112. The predicted molar refractivity (Wildman–Crippen MR) is 77.1 cm³/mol. The zero-order valence-corrected chi connectivity index (χ0v) is 12.1. The highest BCUT2D eigenvalue weighted by Gasteiger charge is 2.09. The van der Waals surface area contributed by atoms with Crippen LogP contribution in [0.2, 0.25) is 0 Å². The molecular formula is C13H14N4O3S. The summed E-state index contributed by atoms with van der Waals surface area (Å²) in [5.74, 6) is -1.08. The normalized spacial score (nSPS) is 10.1. The first-order valence-electron chi connectivity index (χ1n) is 6.15. The van der Waals surface area contributed by atoms with Crippen LogP contribution in [0.3, 0.4) is 0 Å². The third-order valence-corrected chi connectivity index (χ3v) is 3.45. The van der Waals surface area contributed by atoms with Gasteiger partial charge in [0, 0.05) is 23.8 Å². The zero-order valence-electron chi connectivity index (χ0n) is 11.3. The van der Waals surface area contributed by atoms with E-state index >= 15 is 0 Å². The van der Waals surface area contributed by atoms with Crippen molar-refractivity contribution in [2.24, 2.45) is 0 Å². The summed E-state index contributed by atoms with van der Waals surface area (Å²) in [6.45, 7) is 2.45. The maximum atomic E-state index is 11.6. The van der Waals surface area contributed by atoms with E-state index in [9.17, 15) is 9.59 Å². The average molecular weight is 306 g/mol. The first kappa shape index (κ1) is 14.9.